The molecule has 2 aromatic carbocycles. The van der Waals surface area contributed by atoms with Crippen molar-refractivity contribution in [2.75, 3.05) is 40.1 Å². The van der Waals surface area contributed by atoms with Gasteiger partial charge < -0.3 is 24.6 Å². The lowest BCUT2D eigenvalue weighted by atomic mass is 10.1. The van der Waals surface area contributed by atoms with Crippen molar-refractivity contribution in [3.8, 4) is 17.2 Å². The molecule has 0 saturated heterocycles. The molecule has 0 aliphatic heterocycles. The van der Waals surface area contributed by atoms with Gasteiger partial charge in [-0.1, -0.05) is 6.92 Å². The monoisotopic (exact) mass is 922 g/mol. The van der Waals surface area contributed by atoms with Crippen LogP contribution in [-0.2, 0) is 19.1 Å². The molecule has 0 radical (unpaired) electrons. The normalized spacial score (nSPS) is 11.9. The summed E-state index contributed by atoms with van der Waals surface area (Å²) in [5.41, 5.74) is 3.26. The average molecular weight is 922 g/mol. The van der Waals surface area contributed by atoms with Crippen molar-refractivity contribution >= 4 is 96.3 Å². The number of hydroxylamine groups is 1. The third kappa shape index (κ3) is 9.62. The van der Waals surface area contributed by atoms with Crippen molar-refractivity contribution < 1.29 is 28.9 Å². The SMILES string of the molecule is CCCOCCOCCONC(=O)C(NC)c1cc(I)c(Oc2cc(I)c(O)c(I)c2)c(I)c1. The highest BCUT2D eigenvalue weighted by Crippen LogP contribution is 2.37. The summed E-state index contributed by atoms with van der Waals surface area (Å²) in [4.78, 5) is 17.9. The van der Waals surface area contributed by atoms with E-state index in [-0.39, 0.29) is 18.3 Å². The van der Waals surface area contributed by atoms with Crippen LogP contribution in [0, 0.1) is 14.3 Å². The Morgan fingerprint density at radius 3 is 2.03 bits per heavy atom. The number of nitrogens with one attached hydrogen (secondary N) is 2. The first-order valence-electron chi connectivity index (χ1n) is 10.4. The summed E-state index contributed by atoms with van der Waals surface area (Å²) in [6.07, 6.45) is 0.979. The fourth-order valence-electron chi connectivity index (χ4n) is 2.76. The van der Waals surface area contributed by atoms with Crippen molar-refractivity contribution in [1.82, 2.24) is 10.8 Å². The summed E-state index contributed by atoms with van der Waals surface area (Å²) in [5.74, 6) is 1.25. The van der Waals surface area contributed by atoms with Gasteiger partial charge in [-0.2, -0.15) is 0 Å². The molecular formula is C22H26I4N2O6. The third-order valence-corrected chi connectivity index (χ3v) is 7.59. The Balaban J connectivity index is 1.95. The Bertz CT molecular complexity index is 917. The van der Waals surface area contributed by atoms with Gasteiger partial charge in [-0.15, -0.1) is 0 Å². The molecule has 188 valence electrons. The Labute approximate surface area is 254 Å². The lowest BCUT2D eigenvalue weighted by Crippen LogP contribution is -2.36. The van der Waals surface area contributed by atoms with Crippen LogP contribution >= 0.6 is 90.4 Å². The fourth-order valence-corrected chi connectivity index (χ4v) is 6.51. The van der Waals surface area contributed by atoms with Crippen LogP contribution in [0.5, 0.6) is 17.2 Å². The number of aromatic hydroxyl groups is 1. The summed E-state index contributed by atoms with van der Waals surface area (Å²) in [6, 6.07) is 6.75. The third-order valence-electron chi connectivity index (χ3n) is 4.34. The molecule has 12 heteroatoms. The van der Waals surface area contributed by atoms with E-state index in [9.17, 15) is 9.90 Å². The zero-order valence-corrected chi connectivity index (χ0v) is 27.3. The van der Waals surface area contributed by atoms with Crippen molar-refractivity contribution in [3.63, 3.8) is 0 Å². The van der Waals surface area contributed by atoms with E-state index in [2.05, 4.69) is 108 Å². The van der Waals surface area contributed by atoms with Crippen molar-refractivity contribution in [2.24, 2.45) is 0 Å². The summed E-state index contributed by atoms with van der Waals surface area (Å²) < 4.78 is 20.0. The summed E-state index contributed by atoms with van der Waals surface area (Å²) in [6.45, 7) is 4.41. The predicted molar refractivity (Wildman–Crippen MR) is 163 cm³/mol. The number of phenolic OH excluding ortho intramolecular Hbond substituents is 1. The van der Waals surface area contributed by atoms with Crippen LogP contribution in [0.25, 0.3) is 0 Å². The van der Waals surface area contributed by atoms with E-state index in [1.165, 1.54) is 0 Å². The Morgan fingerprint density at radius 2 is 1.47 bits per heavy atom. The van der Waals surface area contributed by atoms with Gasteiger partial charge in [0.2, 0.25) is 0 Å². The standard InChI is InChI=1S/C22H26I4N2O6/c1-3-4-31-5-6-32-7-8-33-28-22(30)19(27-2)13-9-17(25)21(18(26)10-13)34-14-11-15(23)20(29)16(24)12-14/h9-12,19,27,29H,3-8H2,1-2H3,(H,28,30). The minimum Gasteiger partial charge on any atom is -0.506 e. The van der Waals surface area contributed by atoms with Crippen LogP contribution < -0.4 is 15.5 Å². The van der Waals surface area contributed by atoms with Crippen LogP contribution in [0.2, 0.25) is 0 Å². The number of carbonyl (C=O) groups excluding carboxylic acids is 1. The van der Waals surface area contributed by atoms with Crippen LogP contribution in [0.4, 0.5) is 0 Å². The molecule has 8 nitrogen and oxygen atoms in total. The van der Waals surface area contributed by atoms with E-state index in [4.69, 9.17) is 19.0 Å². The number of benzene rings is 2. The zero-order chi connectivity index (χ0) is 25.1. The van der Waals surface area contributed by atoms with Gasteiger partial charge in [0.1, 0.15) is 17.5 Å². The van der Waals surface area contributed by atoms with Gasteiger partial charge in [0, 0.05) is 6.61 Å². The maximum Gasteiger partial charge on any atom is 0.265 e. The molecule has 0 fully saturated rings. The number of halogens is 4. The Hall–Kier alpha value is 0.270. The first-order valence-corrected chi connectivity index (χ1v) is 14.7. The molecule has 3 N–H and O–H groups in total. The molecule has 0 aliphatic carbocycles. The molecule has 1 amide bonds. The summed E-state index contributed by atoms with van der Waals surface area (Å²) in [5, 5.41) is 13.0. The van der Waals surface area contributed by atoms with Gasteiger partial charge in [0.15, 0.2) is 5.75 Å². The van der Waals surface area contributed by atoms with E-state index in [1.54, 1.807) is 19.2 Å². The summed E-state index contributed by atoms with van der Waals surface area (Å²) >= 11 is 8.52. The Kier molecular flexibility index (Phi) is 14.5. The quantitative estimate of drug-likeness (QED) is 0.134. The first kappa shape index (κ1) is 30.5. The molecule has 2 aromatic rings. The smallest absolute Gasteiger partial charge is 0.265 e. The van der Waals surface area contributed by atoms with Crippen molar-refractivity contribution in [3.05, 3.63) is 44.1 Å². The van der Waals surface area contributed by atoms with Crippen molar-refractivity contribution in [2.45, 2.75) is 19.4 Å². The van der Waals surface area contributed by atoms with Gasteiger partial charge in [-0.3, -0.25) is 9.63 Å². The van der Waals surface area contributed by atoms with E-state index >= 15 is 0 Å². The van der Waals surface area contributed by atoms with Gasteiger partial charge in [-0.25, -0.2) is 5.48 Å². The van der Waals surface area contributed by atoms with Crippen molar-refractivity contribution in [1.29, 1.82) is 0 Å². The lowest BCUT2D eigenvalue weighted by molar-refractivity contribution is -0.137. The second kappa shape index (κ2) is 16.2. The highest BCUT2D eigenvalue weighted by molar-refractivity contribution is 14.1. The maximum absolute atomic E-state index is 12.7. The number of hydrogen-bond acceptors (Lipinski definition) is 7. The van der Waals surface area contributed by atoms with E-state index < -0.39 is 6.04 Å². The molecule has 34 heavy (non-hydrogen) atoms. The topological polar surface area (TPSA) is 98.3 Å². The molecule has 1 atom stereocenters. The minimum absolute atomic E-state index is 0.238. The van der Waals surface area contributed by atoms with Gasteiger partial charge >= 0.3 is 0 Å². The average Bonchev–Trinajstić information content (AvgIpc) is 2.79. The van der Waals surface area contributed by atoms with E-state index in [0.29, 0.717) is 38.5 Å². The van der Waals surface area contributed by atoms with Crippen LogP contribution in [0.3, 0.4) is 0 Å². The highest BCUT2D eigenvalue weighted by Gasteiger charge is 2.22. The molecular weight excluding hydrogens is 896 g/mol. The number of carbonyl (C=O) groups is 1. The summed E-state index contributed by atoms with van der Waals surface area (Å²) in [7, 11) is 1.72. The molecule has 0 aliphatic rings. The number of ether oxygens (including phenoxy) is 3. The van der Waals surface area contributed by atoms with Gasteiger partial charge in [0.25, 0.3) is 5.91 Å². The van der Waals surface area contributed by atoms with E-state index in [1.807, 2.05) is 12.1 Å². The number of amides is 1. The molecule has 2 rings (SSSR count). The molecule has 0 spiro atoms. The number of phenols is 1. The fraction of sp³-hybridized carbons (Fsp3) is 0.409. The van der Waals surface area contributed by atoms with Crippen LogP contribution in [-0.4, -0.2) is 51.1 Å². The second-order valence-electron chi connectivity index (χ2n) is 6.91. The maximum atomic E-state index is 12.7. The second-order valence-corrected chi connectivity index (χ2v) is 11.6. The number of likely N-dealkylation sites (N-methyl/N-ethyl adjacent to an activating group) is 1. The molecule has 1 unspecified atom stereocenters. The zero-order valence-electron chi connectivity index (χ0n) is 18.6. The van der Waals surface area contributed by atoms with Crippen LogP contribution in [0.1, 0.15) is 24.9 Å². The Morgan fingerprint density at radius 1 is 0.912 bits per heavy atom. The van der Waals surface area contributed by atoms with Gasteiger partial charge in [-0.05, 0) is 134 Å². The van der Waals surface area contributed by atoms with E-state index in [0.717, 1.165) is 25.7 Å². The predicted octanol–water partition coefficient (Wildman–Crippen LogP) is 5.35. The number of hydrogen-bond donors (Lipinski definition) is 3. The lowest BCUT2D eigenvalue weighted by Gasteiger charge is -2.19. The number of rotatable bonds is 14. The first-order chi connectivity index (χ1) is 16.3. The van der Waals surface area contributed by atoms with Crippen LogP contribution in [0.15, 0.2) is 24.3 Å². The molecule has 0 heterocycles. The molecule has 0 aromatic heterocycles. The highest BCUT2D eigenvalue weighted by atomic mass is 127. The molecule has 0 saturated carbocycles. The largest absolute Gasteiger partial charge is 0.506 e. The molecule has 0 bridgehead atoms. The minimum atomic E-state index is -0.602. The van der Waals surface area contributed by atoms with Gasteiger partial charge in [0.05, 0.1) is 40.7 Å².